The molecule has 0 unspecified atom stereocenters. The Kier molecular flexibility index (Phi) is 10.8. The summed E-state index contributed by atoms with van der Waals surface area (Å²) in [7, 11) is 0. The molecular weight excluding hydrogens is 1110 g/mol. The number of nitrogens with zero attached hydrogens (tertiary/aromatic N) is 4. The summed E-state index contributed by atoms with van der Waals surface area (Å²) in [6.45, 7) is 19.0. The van der Waals surface area contributed by atoms with E-state index in [4.69, 9.17) is 0 Å². The van der Waals surface area contributed by atoms with Gasteiger partial charge in [-0.25, -0.2) is 0 Å². The summed E-state index contributed by atoms with van der Waals surface area (Å²) < 4.78 is 9.93. The maximum Gasteiger partial charge on any atom is 0.0542 e. The fraction of sp³-hybridized carbons (Fsp3) is 0.114. The Bertz CT molecular complexity index is 5720. The zero-order chi connectivity index (χ0) is 61.8. The lowest BCUT2D eigenvalue weighted by atomic mass is 9.79. The van der Waals surface area contributed by atoms with E-state index in [1.807, 2.05) is 0 Å². The van der Waals surface area contributed by atoms with Gasteiger partial charge in [0.25, 0.3) is 0 Å². The predicted octanol–water partition coefficient (Wildman–Crippen LogP) is 23.3. The lowest BCUT2D eigenvalue weighted by Gasteiger charge is -2.24. The smallest absolute Gasteiger partial charge is 0.0542 e. The van der Waals surface area contributed by atoms with E-state index in [1.165, 1.54) is 176 Å². The third kappa shape index (κ3) is 7.07. The molecule has 0 saturated carbocycles. The molecule has 0 fully saturated rings. The number of aryl methyl sites for hydroxylation is 2. The molecule has 17 aromatic rings. The molecule has 0 saturated heterocycles. The number of hydrogen-bond acceptors (Lipinski definition) is 0. The number of fused-ring (bicyclic) bond motifs is 16. The van der Waals surface area contributed by atoms with Gasteiger partial charge in [-0.05, 0) is 236 Å². The molecule has 4 heterocycles. The Balaban J connectivity index is 0.935. The average Bonchev–Trinajstić information content (AvgIpc) is 1.38. The van der Waals surface area contributed by atoms with Gasteiger partial charge in [0.2, 0.25) is 0 Å². The normalized spacial score (nSPS) is 13.8. The third-order valence-electron chi connectivity index (χ3n) is 22.0. The van der Waals surface area contributed by atoms with Crippen LogP contribution in [0.1, 0.15) is 72.5 Å². The first-order valence-corrected chi connectivity index (χ1v) is 32.6. The highest BCUT2D eigenvalue weighted by atomic mass is 15.0. The molecule has 4 aromatic heterocycles. The number of rotatable bonds is 6. The summed E-state index contributed by atoms with van der Waals surface area (Å²) in [5.74, 6) is 0. The Morgan fingerprint density at radius 2 is 0.587 bits per heavy atom. The van der Waals surface area contributed by atoms with Crippen molar-refractivity contribution in [2.75, 3.05) is 0 Å². The molecule has 0 spiro atoms. The molecule has 0 aliphatic heterocycles. The maximum absolute atomic E-state index is 2.58. The highest BCUT2D eigenvalue weighted by Crippen LogP contribution is 2.55. The second kappa shape index (κ2) is 18.8. The van der Waals surface area contributed by atoms with E-state index < -0.39 is 0 Å². The highest BCUT2D eigenvalue weighted by Gasteiger charge is 2.38. The van der Waals surface area contributed by atoms with Crippen LogP contribution in [0.25, 0.3) is 154 Å². The van der Waals surface area contributed by atoms with Gasteiger partial charge in [0.1, 0.15) is 0 Å². The van der Waals surface area contributed by atoms with E-state index in [2.05, 4.69) is 328 Å². The van der Waals surface area contributed by atoms with Crippen LogP contribution in [0.15, 0.2) is 255 Å². The van der Waals surface area contributed by atoms with Crippen LogP contribution in [0.4, 0.5) is 0 Å². The van der Waals surface area contributed by atoms with Crippen molar-refractivity contribution in [2.24, 2.45) is 0 Å². The van der Waals surface area contributed by atoms with Crippen LogP contribution in [-0.2, 0) is 10.8 Å². The van der Waals surface area contributed by atoms with Crippen molar-refractivity contribution in [2.45, 2.75) is 66.2 Å². The van der Waals surface area contributed by atoms with Gasteiger partial charge in [-0.1, -0.05) is 173 Å². The summed E-state index contributed by atoms with van der Waals surface area (Å²) in [5, 5.41) is 12.4. The molecule has 0 atom stereocenters. The predicted molar refractivity (Wildman–Crippen MR) is 389 cm³/mol. The monoisotopic (exact) mass is 1180 g/mol. The largest absolute Gasteiger partial charge is 0.314 e. The lowest BCUT2D eigenvalue weighted by Crippen LogP contribution is -2.15. The van der Waals surface area contributed by atoms with Gasteiger partial charge in [0.15, 0.2) is 0 Å². The van der Waals surface area contributed by atoms with Crippen LogP contribution >= 0.6 is 0 Å². The van der Waals surface area contributed by atoms with Crippen molar-refractivity contribution in [3.63, 3.8) is 0 Å². The molecule has 2 aliphatic carbocycles. The number of hydrogen-bond donors (Lipinski definition) is 0. The van der Waals surface area contributed by atoms with Gasteiger partial charge < -0.3 is 18.3 Å². The molecule has 2 aliphatic rings. The molecule has 92 heavy (non-hydrogen) atoms. The van der Waals surface area contributed by atoms with Crippen molar-refractivity contribution in [3.05, 3.63) is 300 Å². The quantitative estimate of drug-likeness (QED) is 0.148. The summed E-state index contributed by atoms with van der Waals surface area (Å²) in [4.78, 5) is 0. The zero-order valence-corrected chi connectivity index (χ0v) is 53.0. The Labute approximate surface area is 535 Å². The summed E-state index contributed by atoms with van der Waals surface area (Å²) in [5.41, 5.74) is 32.2. The minimum Gasteiger partial charge on any atom is -0.314 e. The van der Waals surface area contributed by atoms with Crippen LogP contribution in [0.3, 0.4) is 0 Å². The standard InChI is InChI=1S/C88H66N4/c1-51-53(3)89(59-37-41-81-69(45-59)65-29-17-21-33-79(65)91(81)57-23-11-9-12-24-57)83-49-73-71(47-67(51)83)85(55-35-39-63-61-27-15-19-31-75(61)87(5,6)77(63)43-55)74-50-84-68(48-72(74)86(73)56-36-40-64-62-28-16-20-32-76(62)88(7,8)78(64)44-56)52(2)54(4)90(84)60-38-42-82-70(46-60)66-30-18-22-34-80(66)92(82)58-25-13-10-14-26-58/h9-50H,1-8H3. The first-order chi connectivity index (χ1) is 44.8. The van der Waals surface area contributed by atoms with Gasteiger partial charge >= 0.3 is 0 Å². The Morgan fingerprint density at radius 3 is 1.02 bits per heavy atom. The van der Waals surface area contributed by atoms with Crippen molar-refractivity contribution < 1.29 is 0 Å². The molecule has 13 aromatic carbocycles. The number of para-hydroxylation sites is 4. The first-order valence-electron chi connectivity index (χ1n) is 32.6. The Morgan fingerprint density at radius 1 is 0.228 bits per heavy atom. The fourth-order valence-corrected chi connectivity index (χ4v) is 17.3. The minimum atomic E-state index is -0.201. The number of aromatic nitrogens is 4. The van der Waals surface area contributed by atoms with Gasteiger partial charge in [0, 0.05) is 77.3 Å². The van der Waals surface area contributed by atoms with Crippen molar-refractivity contribution >= 4 is 87.0 Å². The van der Waals surface area contributed by atoms with Gasteiger partial charge in [-0.2, -0.15) is 0 Å². The Hall–Kier alpha value is -10.9. The molecular formula is C88H66N4. The highest BCUT2D eigenvalue weighted by molar-refractivity contribution is 6.26. The van der Waals surface area contributed by atoms with E-state index >= 15 is 0 Å². The van der Waals surface area contributed by atoms with E-state index in [9.17, 15) is 0 Å². The van der Waals surface area contributed by atoms with Gasteiger partial charge in [-0.3, -0.25) is 0 Å². The second-order valence-electron chi connectivity index (χ2n) is 27.3. The summed E-state index contributed by atoms with van der Waals surface area (Å²) in [6, 6.07) is 96.9. The SMILES string of the molecule is Cc1c(C)n(-c2ccc3c(c2)c2ccccc2n3-c2ccccc2)c2cc3c(-c4ccc5c(c4)C(C)(C)c4ccccc4-5)c4cc5c(C)c(C)n(-c6ccc7c(c6)c6ccccc6n7-c6ccccc6)c5cc4c(-c4ccc5c(c4)C(C)(C)c4ccccc4-5)c3cc12. The summed E-state index contributed by atoms with van der Waals surface area (Å²) in [6.07, 6.45) is 0. The average molecular weight is 1180 g/mol. The van der Waals surface area contributed by atoms with Crippen molar-refractivity contribution in [1.82, 2.24) is 18.3 Å². The maximum atomic E-state index is 2.58. The van der Waals surface area contributed by atoms with Crippen LogP contribution in [0, 0.1) is 27.7 Å². The lowest BCUT2D eigenvalue weighted by molar-refractivity contribution is 0.660. The van der Waals surface area contributed by atoms with Crippen molar-refractivity contribution in [3.8, 4) is 67.3 Å². The summed E-state index contributed by atoms with van der Waals surface area (Å²) >= 11 is 0. The van der Waals surface area contributed by atoms with Gasteiger partial charge in [-0.15, -0.1) is 0 Å². The molecule has 438 valence electrons. The van der Waals surface area contributed by atoms with E-state index in [1.54, 1.807) is 0 Å². The third-order valence-corrected chi connectivity index (χ3v) is 22.0. The molecule has 19 rings (SSSR count). The number of benzene rings is 13. The van der Waals surface area contributed by atoms with E-state index in [-0.39, 0.29) is 10.8 Å². The minimum absolute atomic E-state index is 0.201. The van der Waals surface area contributed by atoms with Gasteiger partial charge in [0.05, 0.1) is 33.1 Å². The molecule has 4 nitrogen and oxygen atoms in total. The molecule has 0 N–H and O–H groups in total. The zero-order valence-electron chi connectivity index (χ0n) is 53.0. The van der Waals surface area contributed by atoms with Crippen LogP contribution in [0.5, 0.6) is 0 Å². The van der Waals surface area contributed by atoms with Crippen LogP contribution < -0.4 is 0 Å². The molecule has 4 heteroatoms. The molecule has 0 bridgehead atoms. The topological polar surface area (TPSA) is 19.7 Å². The fourth-order valence-electron chi connectivity index (χ4n) is 17.3. The van der Waals surface area contributed by atoms with Crippen molar-refractivity contribution in [1.29, 1.82) is 0 Å². The van der Waals surface area contributed by atoms with Crippen LogP contribution in [0.2, 0.25) is 0 Å². The molecule has 0 amide bonds. The van der Waals surface area contributed by atoms with Crippen LogP contribution in [-0.4, -0.2) is 18.3 Å². The molecule has 0 radical (unpaired) electrons. The first kappa shape index (κ1) is 52.9. The second-order valence-corrected chi connectivity index (χ2v) is 27.3. The van der Waals surface area contributed by atoms with E-state index in [0.717, 1.165) is 22.7 Å². The van der Waals surface area contributed by atoms with E-state index in [0.29, 0.717) is 0 Å².